The van der Waals surface area contributed by atoms with Gasteiger partial charge in [0.25, 0.3) is 0 Å². The van der Waals surface area contributed by atoms with E-state index in [4.69, 9.17) is 6.58 Å². The Morgan fingerprint density at radius 3 is 1.70 bits per heavy atom. The standard InChI is InChI=1S/C44H48/c1-27-22-32(42(3,4)5)25-34(27)39-36-24-31-23-33(43(6,7)8)26-35(29-18-14-12-15-19-29)38(31)40(36)37(30-20-16-13-17-21-30)28(2)41(39)44(9,10)11/h12-27H,2H2,1,3-11H3. The number of hydrogen-bond donors (Lipinski definition) is 0. The summed E-state index contributed by atoms with van der Waals surface area (Å²) in [5.74, 6) is 0.326. The first-order valence-corrected chi connectivity index (χ1v) is 16.2. The molecule has 2 aliphatic carbocycles. The molecule has 2 aliphatic rings. The SMILES string of the molecule is C=c1c(-c2ccccc2)c2c(c(C3=CC(C(C)(C)C)=CC3C)c1C(C)(C)C)=Cc1cc(C(C)(C)C)cc(-c3ccccc3)c1-2. The van der Waals surface area contributed by atoms with Gasteiger partial charge in [0.1, 0.15) is 0 Å². The second-order valence-corrected chi connectivity index (χ2v) is 16.0. The fraction of sp³-hybridized carbons (Fsp3) is 0.318. The molecule has 0 heterocycles. The van der Waals surface area contributed by atoms with Gasteiger partial charge in [-0.2, -0.15) is 0 Å². The van der Waals surface area contributed by atoms with Gasteiger partial charge in [-0.05, 0) is 106 Å². The van der Waals surface area contributed by atoms with Crippen LogP contribution in [0.2, 0.25) is 0 Å². The molecule has 0 spiro atoms. The van der Waals surface area contributed by atoms with E-state index in [0.717, 1.165) is 5.22 Å². The molecule has 4 aromatic carbocycles. The van der Waals surface area contributed by atoms with Crippen molar-refractivity contribution < 1.29 is 0 Å². The number of rotatable bonds is 3. The lowest BCUT2D eigenvalue weighted by Crippen LogP contribution is -2.32. The lowest BCUT2D eigenvalue weighted by atomic mass is 9.74. The van der Waals surface area contributed by atoms with Crippen molar-refractivity contribution in [2.45, 2.75) is 80.1 Å². The Labute approximate surface area is 265 Å². The first kappa shape index (κ1) is 30.1. The highest BCUT2D eigenvalue weighted by atomic mass is 14.4. The van der Waals surface area contributed by atoms with Crippen LogP contribution in [0.25, 0.3) is 51.6 Å². The van der Waals surface area contributed by atoms with E-state index in [1.54, 1.807) is 0 Å². The van der Waals surface area contributed by atoms with E-state index in [1.165, 1.54) is 72.0 Å². The maximum Gasteiger partial charge on any atom is 0.000195 e. The minimum absolute atomic E-state index is 0.0222. The summed E-state index contributed by atoms with van der Waals surface area (Å²) >= 11 is 0. The number of hydrogen-bond acceptors (Lipinski definition) is 0. The fourth-order valence-corrected chi connectivity index (χ4v) is 7.24. The first-order chi connectivity index (χ1) is 20.6. The van der Waals surface area contributed by atoms with Crippen LogP contribution < -0.4 is 10.4 Å². The summed E-state index contributed by atoms with van der Waals surface area (Å²) in [6, 6.07) is 26.8. The predicted molar refractivity (Wildman–Crippen MR) is 193 cm³/mol. The van der Waals surface area contributed by atoms with E-state index in [2.05, 4.69) is 160 Å². The number of fused-ring (bicyclic) bond motifs is 3. The van der Waals surface area contributed by atoms with Crippen LogP contribution in [-0.4, -0.2) is 0 Å². The molecule has 224 valence electrons. The molecule has 1 atom stereocenters. The molecule has 0 heteroatoms. The van der Waals surface area contributed by atoms with Gasteiger partial charge >= 0.3 is 0 Å². The third-order valence-electron chi connectivity index (χ3n) is 9.51. The van der Waals surface area contributed by atoms with E-state index < -0.39 is 0 Å². The van der Waals surface area contributed by atoms with Gasteiger partial charge < -0.3 is 0 Å². The molecule has 6 rings (SSSR count). The zero-order valence-corrected chi connectivity index (χ0v) is 28.4. The fourth-order valence-electron chi connectivity index (χ4n) is 7.24. The summed E-state index contributed by atoms with van der Waals surface area (Å²) in [4.78, 5) is 0. The number of allylic oxidation sites excluding steroid dienone is 4. The maximum atomic E-state index is 4.94. The third kappa shape index (κ3) is 5.03. The van der Waals surface area contributed by atoms with Crippen molar-refractivity contribution >= 4 is 18.2 Å². The van der Waals surface area contributed by atoms with Crippen molar-refractivity contribution in [3.8, 4) is 33.4 Å². The van der Waals surface area contributed by atoms with Crippen molar-refractivity contribution in [1.82, 2.24) is 0 Å². The quantitative estimate of drug-likeness (QED) is 0.200. The first-order valence-electron chi connectivity index (χ1n) is 16.2. The van der Waals surface area contributed by atoms with Crippen LogP contribution in [0, 0.1) is 11.3 Å². The smallest absolute Gasteiger partial charge is 0.000195 e. The Morgan fingerprint density at radius 1 is 0.591 bits per heavy atom. The Morgan fingerprint density at radius 2 is 1.18 bits per heavy atom. The molecule has 0 aliphatic heterocycles. The molecule has 0 nitrogen and oxygen atoms in total. The molecular formula is C44H48. The van der Waals surface area contributed by atoms with E-state index in [-0.39, 0.29) is 16.2 Å². The lowest BCUT2D eigenvalue weighted by molar-refractivity contribution is 0.516. The van der Waals surface area contributed by atoms with Crippen LogP contribution in [0.4, 0.5) is 0 Å². The van der Waals surface area contributed by atoms with Crippen molar-refractivity contribution in [3.05, 3.63) is 123 Å². The summed E-state index contributed by atoms with van der Waals surface area (Å²) in [6.45, 7) is 28.3. The van der Waals surface area contributed by atoms with Gasteiger partial charge in [-0.25, -0.2) is 0 Å². The minimum atomic E-state index is -0.0997. The monoisotopic (exact) mass is 576 g/mol. The molecule has 4 aromatic rings. The molecule has 0 saturated carbocycles. The Bertz CT molecular complexity index is 1940. The molecular weight excluding hydrogens is 528 g/mol. The largest absolute Gasteiger partial charge is 0.0908 e. The van der Waals surface area contributed by atoms with Crippen molar-refractivity contribution in [2.75, 3.05) is 0 Å². The van der Waals surface area contributed by atoms with Gasteiger partial charge in [0.15, 0.2) is 0 Å². The highest BCUT2D eigenvalue weighted by molar-refractivity contribution is 6.03. The molecule has 0 bridgehead atoms. The number of benzene rings is 4. The zero-order chi connectivity index (χ0) is 31.8. The second-order valence-electron chi connectivity index (χ2n) is 16.0. The molecule has 1 unspecified atom stereocenters. The van der Waals surface area contributed by atoms with Crippen molar-refractivity contribution in [3.63, 3.8) is 0 Å². The molecule has 0 fully saturated rings. The summed E-state index contributed by atoms with van der Waals surface area (Å²) in [5, 5.41) is 2.50. The zero-order valence-electron chi connectivity index (χ0n) is 28.4. The van der Waals surface area contributed by atoms with Crippen LogP contribution in [0.1, 0.15) is 91.5 Å². The normalized spacial score (nSPS) is 16.3. The lowest BCUT2D eigenvalue weighted by Gasteiger charge is -2.29. The van der Waals surface area contributed by atoms with E-state index in [9.17, 15) is 0 Å². The van der Waals surface area contributed by atoms with Crippen LogP contribution >= 0.6 is 0 Å². The predicted octanol–water partition coefficient (Wildman–Crippen LogP) is 10.8. The molecule has 0 aromatic heterocycles. The van der Waals surface area contributed by atoms with E-state index in [0.29, 0.717) is 5.92 Å². The Balaban J connectivity index is 1.83. The van der Waals surface area contributed by atoms with Gasteiger partial charge in [0, 0.05) is 5.92 Å². The highest BCUT2D eigenvalue weighted by Gasteiger charge is 2.34. The summed E-state index contributed by atoms with van der Waals surface area (Å²) in [5.41, 5.74) is 16.0. The maximum absolute atomic E-state index is 4.94. The molecule has 0 saturated heterocycles. The van der Waals surface area contributed by atoms with Crippen LogP contribution in [0.5, 0.6) is 0 Å². The van der Waals surface area contributed by atoms with E-state index >= 15 is 0 Å². The Hall–Kier alpha value is -3.90. The summed E-state index contributed by atoms with van der Waals surface area (Å²) in [7, 11) is 0. The minimum Gasteiger partial charge on any atom is -0.0908 e. The van der Waals surface area contributed by atoms with Gasteiger partial charge in [-0.15, -0.1) is 0 Å². The molecule has 0 radical (unpaired) electrons. The highest BCUT2D eigenvalue weighted by Crippen LogP contribution is 2.47. The second kappa shape index (κ2) is 10.3. The van der Waals surface area contributed by atoms with Crippen molar-refractivity contribution in [2.24, 2.45) is 11.3 Å². The van der Waals surface area contributed by atoms with Gasteiger partial charge in [-0.1, -0.05) is 155 Å². The average Bonchev–Trinajstić information content (AvgIpc) is 3.52. The third-order valence-corrected chi connectivity index (χ3v) is 9.51. The molecule has 0 N–H and O–H groups in total. The summed E-state index contributed by atoms with van der Waals surface area (Å²) < 4.78 is 0. The van der Waals surface area contributed by atoms with Gasteiger partial charge in [0.2, 0.25) is 0 Å². The van der Waals surface area contributed by atoms with Crippen molar-refractivity contribution in [1.29, 1.82) is 0 Å². The summed E-state index contributed by atoms with van der Waals surface area (Å²) in [6.07, 6.45) is 7.48. The van der Waals surface area contributed by atoms with Gasteiger partial charge in [0.05, 0.1) is 0 Å². The van der Waals surface area contributed by atoms with Crippen LogP contribution in [0.3, 0.4) is 0 Å². The molecule has 44 heavy (non-hydrogen) atoms. The van der Waals surface area contributed by atoms with Crippen LogP contribution in [0.15, 0.2) is 90.5 Å². The topological polar surface area (TPSA) is 0 Å². The van der Waals surface area contributed by atoms with Gasteiger partial charge in [-0.3, -0.25) is 0 Å². The van der Waals surface area contributed by atoms with Crippen LogP contribution in [-0.2, 0) is 10.8 Å². The molecule has 0 amide bonds. The Kier molecular flexibility index (Phi) is 7.08. The van der Waals surface area contributed by atoms with E-state index in [1.807, 2.05) is 0 Å². The average molecular weight is 577 g/mol.